The molecule has 2 aromatic carbocycles. The molecule has 2 rings (SSSR count). The van der Waals surface area contributed by atoms with Gasteiger partial charge in [0, 0.05) is 11.4 Å². The van der Waals surface area contributed by atoms with Gasteiger partial charge in [-0.05, 0) is 56.2 Å². The van der Waals surface area contributed by atoms with Crippen molar-refractivity contribution < 1.29 is 19.1 Å². The third-order valence-electron chi connectivity index (χ3n) is 3.84. The van der Waals surface area contributed by atoms with Gasteiger partial charge in [-0.1, -0.05) is 25.1 Å². The normalized spacial score (nSPS) is 10.5. The van der Waals surface area contributed by atoms with Gasteiger partial charge in [-0.15, -0.1) is 11.8 Å². The number of esters is 1. The van der Waals surface area contributed by atoms with Gasteiger partial charge >= 0.3 is 5.97 Å². The smallest absolute Gasteiger partial charge is 0.338 e. The van der Waals surface area contributed by atoms with Gasteiger partial charge in [-0.3, -0.25) is 9.59 Å². The second-order valence-electron chi connectivity index (χ2n) is 6.67. The Kier molecular flexibility index (Phi) is 8.73. The van der Waals surface area contributed by atoms with Crippen molar-refractivity contribution in [2.75, 3.05) is 22.1 Å². The van der Waals surface area contributed by atoms with Crippen LogP contribution in [0.4, 0.5) is 11.4 Å². The van der Waals surface area contributed by atoms with E-state index in [1.807, 2.05) is 24.3 Å². The molecule has 29 heavy (non-hydrogen) atoms. The number of benzene rings is 2. The minimum absolute atomic E-state index is 0.128. The Bertz CT molecular complexity index is 850. The summed E-state index contributed by atoms with van der Waals surface area (Å²) in [5, 5.41) is 5.54. The predicted octanol–water partition coefficient (Wildman–Crippen LogP) is 4.12. The summed E-state index contributed by atoms with van der Waals surface area (Å²) < 4.78 is 5.15. The lowest BCUT2D eigenvalue weighted by atomic mass is 10.1. The number of carbonyl (C=O) groups excluding carboxylic acids is 3. The molecule has 0 radical (unpaired) electrons. The molecule has 0 bridgehead atoms. The zero-order valence-corrected chi connectivity index (χ0v) is 17.7. The molecule has 2 aromatic rings. The summed E-state index contributed by atoms with van der Waals surface area (Å²) in [6.45, 7) is 5.62. The predicted molar refractivity (Wildman–Crippen MR) is 117 cm³/mol. The zero-order chi connectivity index (χ0) is 21.2. The monoisotopic (exact) mass is 414 g/mol. The van der Waals surface area contributed by atoms with Crippen molar-refractivity contribution in [2.45, 2.75) is 33.3 Å². The first-order chi connectivity index (χ1) is 13.9. The maximum Gasteiger partial charge on any atom is 0.338 e. The van der Waals surface area contributed by atoms with E-state index in [0.29, 0.717) is 11.3 Å². The fourth-order valence-corrected chi connectivity index (χ4v) is 3.08. The van der Waals surface area contributed by atoms with Crippen LogP contribution in [0, 0.1) is 0 Å². The molecule has 6 nitrogen and oxygen atoms in total. The van der Waals surface area contributed by atoms with Gasteiger partial charge < -0.3 is 15.4 Å². The van der Waals surface area contributed by atoms with Crippen LogP contribution in [-0.2, 0) is 20.7 Å². The topological polar surface area (TPSA) is 84.5 Å². The molecule has 154 valence electrons. The van der Waals surface area contributed by atoms with Crippen molar-refractivity contribution in [3.8, 4) is 0 Å². The van der Waals surface area contributed by atoms with Crippen LogP contribution in [0.1, 0.15) is 36.7 Å². The van der Waals surface area contributed by atoms with Crippen LogP contribution in [0.2, 0.25) is 0 Å². The van der Waals surface area contributed by atoms with Crippen LogP contribution in [0.5, 0.6) is 0 Å². The summed E-state index contributed by atoms with van der Waals surface area (Å²) in [6, 6.07) is 14.3. The van der Waals surface area contributed by atoms with Crippen molar-refractivity contribution >= 4 is 40.9 Å². The number of amides is 2. The Balaban J connectivity index is 1.76. The fourth-order valence-electron chi connectivity index (χ4n) is 2.46. The lowest BCUT2D eigenvalue weighted by Crippen LogP contribution is -2.18. The van der Waals surface area contributed by atoms with E-state index in [0.717, 1.165) is 12.1 Å². The highest BCUT2D eigenvalue weighted by atomic mass is 32.2. The molecule has 0 aliphatic rings. The highest BCUT2D eigenvalue weighted by molar-refractivity contribution is 8.00. The van der Waals surface area contributed by atoms with E-state index >= 15 is 0 Å². The molecule has 0 unspecified atom stereocenters. The molecule has 0 fully saturated rings. The average molecular weight is 415 g/mol. The first-order valence-electron chi connectivity index (χ1n) is 9.44. The van der Waals surface area contributed by atoms with Gasteiger partial charge in [0.15, 0.2) is 0 Å². The average Bonchev–Trinajstić information content (AvgIpc) is 2.68. The van der Waals surface area contributed by atoms with Crippen LogP contribution in [0.15, 0.2) is 48.5 Å². The number of hydrogen-bond donors (Lipinski definition) is 2. The number of carbonyl (C=O) groups is 3. The van der Waals surface area contributed by atoms with E-state index < -0.39 is 5.97 Å². The molecule has 0 heterocycles. The molecule has 0 aliphatic heterocycles. The Morgan fingerprint density at radius 2 is 1.55 bits per heavy atom. The van der Waals surface area contributed by atoms with Gasteiger partial charge in [0.2, 0.25) is 11.8 Å². The molecule has 2 amide bonds. The lowest BCUT2D eigenvalue weighted by Gasteiger charge is -2.10. The molecule has 0 saturated carbocycles. The van der Waals surface area contributed by atoms with Gasteiger partial charge in [0.25, 0.3) is 0 Å². The van der Waals surface area contributed by atoms with Crippen molar-refractivity contribution in [1.29, 1.82) is 0 Å². The number of ether oxygens (including phenoxy) is 1. The van der Waals surface area contributed by atoms with Crippen molar-refractivity contribution in [2.24, 2.45) is 0 Å². The summed E-state index contributed by atoms with van der Waals surface area (Å²) in [6.07, 6.45) is 0.731. The largest absolute Gasteiger partial charge is 0.459 e. The molecule has 7 heteroatoms. The lowest BCUT2D eigenvalue weighted by molar-refractivity contribution is -0.114. The Morgan fingerprint density at radius 1 is 0.931 bits per heavy atom. The first kappa shape index (κ1) is 22.5. The van der Waals surface area contributed by atoms with E-state index in [4.69, 9.17) is 4.74 Å². The van der Waals surface area contributed by atoms with Crippen LogP contribution in [-0.4, -0.2) is 35.4 Å². The van der Waals surface area contributed by atoms with Gasteiger partial charge in [0.1, 0.15) is 0 Å². The van der Waals surface area contributed by atoms with Crippen LogP contribution < -0.4 is 10.6 Å². The summed E-state index contributed by atoms with van der Waals surface area (Å²) in [4.78, 5) is 36.0. The van der Waals surface area contributed by atoms with Gasteiger partial charge in [-0.2, -0.15) is 0 Å². The number of thioether (sulfide) groups is 1. The summed E-state index contributed by atoms with van der Waals surface area (Å²) in [7, 11) is 0. The number of anilines is 2. The molecule has 0 atom stereocenters. The Labute approximate surface area is 175 Å². The molecule has 0 saturated heterocycles. The summed E-state index contributed by atoms with van der Waals surface area (Å²) in [5.74, 6) is -0.545. The van der Waals surface area contributed by atoms with Crippen LogP contribution in [0.3, 0.4) is 0 Å². The minimum atomic E-state index is -0.436. The maximum absolute atomic E-state index is 12.1. The Hall–Kier alpha value is -2.80. The molecule has 2 N–H and O–H groups in total. The maximum atomic E-state index is 12.1. The second-order valence-corrected chi connectivity index (χ2v) is 7.66. The highest BCUT2D eigenvalue weighted by Crippen LogP contribution is 2.14. The highest BCUT2D eigenvalue weighted by Gasteiger charge is 2.11. The van der Waals surface area contributed by atoms with E-state index in [1.54, 1.807) is 38.1 Å². The van der Waals surface area contributed by atoms with Crippen molar-refractivity contribution in [3.05, 3.63) is 59.7 Å². The Morgan fingerprint density at radius 3 is 2.14 bits per heavy atom. The van der Waals surface area contributed by atoms with E-state index in [2.05, 4.69) is 17.6 Å². The van der Waals surface area contributed by atoms with Crippen molar-refractivity contribution in [3.63, 3.8) is 0 Å². The quantitative estimate of drug-likeness (QED) is 0.603. The SMILES string of the molecule is CCc1ccc(NC(=O)CSCC(=O)Nc2cccc(C(=O)OC(C)C)c2)cc1. The van der Waals surface area contributed by atoms with Gasteiger partial charge in [-0.25, -0.2) is 4.79 Å². The van der Waals surface area contributed by atoms with Gasteiger partial charge in [0.05, 0.1) is 23.2 Å². The molecule has 0 spiro atoms. The second kappa shape index (κ2) is 11.3. The minimum Gasteiger partial charge on any atom is -0.459 e. The van der Waals surface area contributed by atoms with Crippen molar-refractivity contribution in [1.82, 2.24) is 0 Å². The fraction of sp³-hybridized carbons (Fsp3) is 0.318. The first-order valence-corrected chi connectivity index (χ1v) is 10.6. The zero-order valence-electron chi connectivity index (χ0n) is 16.9. The summed E-state index contributed by atoms with van der Waals surface area (Å²) in [5.41, 5.74) is 2.82. The molecule has 0 aliphatic carbocycles. The number of rotatable bonds is 9. The third kappa shape index (κ3) is 7.99. The molecule has 0 aromatic heterocycles. The molecular weight excluding hydrogens is 388 g/mol. The number of nitrogens with one attached hydrogen (secondary N) is 2. The number of hydrogen-bond acceptors (Lipinski definition) is 5. The molecular formula is C22H26N2O4S. The van der Waals surface area contributed by atoms with Crippen LogP contribution in [0.25, 0.3) is 0 Å². The van der Waals surface area contributed by atoms with E-state index in [-0.39, 0.29) is 29.4 Å². The third-order valence-corrected chi connectivity index (χ3v) is 4.77. The van der Waals surface area contributed by atoms with E-state index in [9.17, 15) is 14.4 Å². The standard InChI is InChI=1S/C22H26N2O4S/c1-4-16-8-10-18(11-9-16)23-20(25)13-29-14-21(26)24-19-7-5-6-17(12-19)22(27)28-15(2)3/h5-12,15H,4,13-14H2,1-3H3,(H,23,25)(H,24,26). The van der Waals surface area contributed by atoms with E-state index in [1.165, 1.54) is 17.3 Å². The summed E-state index contributed by atoms with van der Waals surface area (Å²) >= 11 is 1.22. The number of aryl methyl sites for hydroxylation is 1. The van der Waals surface area contributed by atoms with Crippen LogP contribution >= 0.6 is 11.8 Å².